The summed E-state index contributed by atoms with van der Waals surface area (Å²) < 4.78 is 0. The molecule has 0 unspecified atom stereocenters. The number of hydrogen-bond donors (Lipinski definition) is 1. The SMILES string of the molecule is Clc1cc(Cl)c2c(c1)=NNN(n1ccnn1)C=2. The highest BCUT2D eigenvalue weighted by Gasteiger charge is 2.08. The first-order valence-electron chi connectivity index (χ1n) is 4.70. The van der Waals surface area contributed by atoms with E-state index in [9.17, 15) is 0 Å². The summed E-state index contributed by atoms with van der Waals surface area (Å²) in [4.78, 5) is 1.48. The number of halogens is 2. The van der Waals surface area contributed by atoms with Gasteiger partial charge in [-0.1, -0.05) is 23.2 Å². The third-order valence-electron chi connectivity index (χ3n) is 2.23. The van der Waals surface area contributed by atoms with Gasteiger partial charge in [0.15, 0.2) is 0 Å². The maximum Gasteiger partial charge on any atom is 0.0968 e. The van der Waals surface area contributed by atoms with Crippen LogP contribution >= 0.6 is 23.2 Å². The maximum absolute atomic E-state index is 6.10. The molecule has 0 aliphatic carbocycles. The molecule has 0 saturated carbocycles. The molecule has 1 aromatic heterocycles. The van der Waals surface area contributed by atoms with Crippen LogP contribution in [0.25, 0.3) is 6.20 Å². The number of aromatic nitrogens is 3. The fraction of sp³-hybridized carbons (Fsp3) is 0. The van der Waals surface area contributed by atoms with E-state index in [0.717, 1.165) is 5.22 Å². The Morgan fingerprint density at radius 2 is 2.12 bits per heavy atom. The molecular weight excluding hydrogens is 263 g/mol. The monoisotopic (exact) mass is 268 g/mol. The summed E-state index contributed by atoms with van der Waals surface area (Å²) in [6, 6.07) is 3.39. The van der Waals surface area contributed by atoms with Gasteiger partial charge in [0.1, 0.15) is 0 Å². The Morgan fingerprint density at radius 3 is 2.88 bits per heavy atom. The molecular formula is C9H6Cl2N6. The molecule has 0 spiro atoms. The van der Waals surface area contributed by atoms with Crippen molar-refractivity contribution in [1.29, 1.82) is 0 Å². The summed E-state index contributed by atoms with van der Waals surface area (Å²) in [5, 5.41) is 15.7. The third kappa shape index (κ3) is 1.81. The van der Waals surface area contributed by atoms with Crippen molar-refractivity contribution < 1.29 is 0 Å². The molecule has 1 aliphatic rings. The molecule has 0 radical (unpaired) electrons. The van der Waals surface area contributed by atoms with Crippen molar-refractivity contribution in [2.75, 3.05) is 5.12 Å². The van der Waals surface area contributed by atoms with Gasteiger partial charge >= 0.3 is 0 Å². The average Bonchev–Trinajstić information content (AvgIpc) is 2.82. The Labute approximate surface area is 106 Å². The van der Waals surface area contributed by atoms with E-state index >= 15 is 0 Å². The van der Waals surface area contributed by atoms with Gasteiger partial charge in [-0.2, -0.15) is 15.8 Å². The van der Waals surface area contributed by atoms with Crippen molar-refractivity contribution in [2.45, 2.75) is 0 Å². The Hall–Kier alpha value is -1.79. The van der Waals surface area contributed by atoms with Crippen LogP contribution in [-0.4, -0.2) is 15.1 Å². The van der Waals surface area contributed by atoms with Crippen molar-refractivity contribution in [2.24, 2.45) is 5.10 Å². The lowest BCUT2D eigenvalue weighted by Gasteiger charge is -2.20. The van der Waals surface area contributed by atoms with Gasteiger partial charge in [-0.15, -0.1) is 9.89 Å². The highest BCUT2D eigenvalue weighted by atomic mass is 35.5. The molecule has 0 saturated heterocycles. The fourth-order valence-corrected chi connectivity index (χ4v) is 2.00. The zero-order chi connectivity index (χ0) is 11.8. The lowest BCUT2D eigenvalue weighted by atomic mass is 10.3. The van der Waals surface area contributed by atoms with E-state index in [2.05, 4.69) is 20.9 Å². The van der Waals surface area contributed by atoms with Gasteiger partial charge in [0.05, 0.1) is 29.0 Å². The highest BCUT2D eigenvalue weighted by molar-refractivity contribution is 6.34. The molecule has 1 aliphatic heterocycles. The molecule has 1 N–H and O–H groups in total. The molecule has 86 valence electrons. The van der Waals surface area contributed by atoms with Crippen LogP contribution in [0, 0.1) is 0 Å². The molecule has 17 heavy (non-hydrogen) atoms. The Bertz CT molecular complexity index is 666. The molecule has 0 bridgehead atoms. The second-order valence-electron chi connectivity index (χ2n) is 3.33. The van der Waals surface area contributed by atoms with E-state index in [1.54, 1.807) is 35.8 Å². The van der Waals surface area contributed by atoms with Gasteiger partial charge in [-0.3, -0.25) is 0 Å². The summed E-state index contributed by atoms with van der Waals surface area (Å²) in [5.74, 6) is 0. The fourth-order valence-electron chi connectivity index (χ4n) is 1.47. The molecule has 0 fully saturated rings. The molecule has 6 nitrogen and oxygen atoms in total. The van der Waals surface area contributed by atoms with Crippen molar-refractivity contribution in [3.63, 3.8) is 0 Å². The second kappa shape index (κ2) is 3.90. The normalized spacial score (nSPS) is 13.4. The average molecular weight is 269 g/mol. The lowest BCUT2D eigenvalue weighted by molar-refractivity contribution is 0.512. The number of hydrogen-bond acceptors (Lipinski definition) is 5. The Kier molecular flexibility index (Phi) is 2.38. The van der Waals surface area contributed by atoms with Crippen molar-refractivity contribution in [3.8, 4) is 0 Å². The lowest BCUT2D eigenvalue weighted by Crippen LogP contribution is -2.48. The van der Waals surface area contributed by atoms with Gasteiger partial charge in [0, 0.05) is 10.2 Å². The summed E-state index contributed by atoms with van der Waals surface area (Å²) in [6.07, 6.45) is 5.00. The number of nitrogens with zero attached hydrogens (tertiary/aromatic N) is 5. The number of benzene rings is 1. The van der Waals surface area contributed by atoms with Gasteiger partial charge in [0.25, 0.3) is 0 Å². The first-order chi connectivity index (χ1) is 8.24. The molecule has 0 atom stereocenters. The van der Waals surface area contributed by atoms with E-state index in [1.807, 2.05) is 0 Å². The van der Waals surface area contributed by atoms with Crippen LogP contribution < -0.4 is 21.2 Å². The van der Waals surface area contributed by atoms with E-state index in [0.29, 0.717) is 15.4 Å². The van der Waals surface area contributed by atoms with Crippen molar-refractivity contribution in [1.82, 2.24) is 20.6 Å². The minimum Gasteiger partial charge on any atom is -0.197 e. The van der Waals surface area contributed by atoms with Crippen LogP contribution in [0.5, 0.6) is 0 Å². The maximum atomic E-state index is 6.10. The molecule has 2 heterocycles. The minimum absolute atomic E-state index is 0.530. The number of fused-ring (bicyclic) bond motifs is 1. The molecule has 0 amide bonds. The molecule has 1 aromatic carbocycles. The quantitative estimate of drug-likeness (QED) is 0.792. The second-order valence-corrected chi connectivity index (χ2v) is 4.17. The third-order valence-corrected chi connectivity index (χ3v) is 2.76. The van der Waals surface area contributed by atoms with Gasteiger partial charge in [-0.25, -0.2) is 0 Å². The smallest absolute Gasteiger partial charge is 0.0968 e. The largest absolute Gasteiger partial charge is 0.197 e. The first-order valence-corrected chi connectivity index (χ1v) is 5.46. The Morgan fingerprint density at radius 1 is 1.24 bits per heavy atom. The van der Waals surface area contributed by atoms with Crippen LogP contribution in [0.2, 0.25) is 10.0 Å². The van der Waals surface area contributed by atoms with E-state index in [-0.39, 0.29) is 0 Å². The number of hydrazine groups is 1. The standard InChI is InChI=1S/C9H6Cl2N6/c10-6-3-8(11)7-5-17(15-13-9(7)4-6)16-2-1-12-14-16/h1-5,15H. The molecule has 2 aromatic rings. The van der Waals surface area contributed by atoms with Crippen LogP contribution in [0.1, 0.15) is 0 Å². The summed E-state index contributed by atoms with van der Waals surface area (Å²) in [5.41, 5.74) is 2.78. The summed E-state index contributed by atoms with van der Waals surface area (Å²) in [7, 11) is 0. The molecule has 3 rings (SSSR count). The number of nitrogens with one attached hydrogen (secondary N) is 1. The minimum atomic E-state index is 0.530. The van der Waals surface area contributed by atoms with Crippen molar-refractivity contribution in [3.05, 3.63) is 45.1 Å². The zero-order valence-electron chi connectivity index (χ0n) is 8.38. The predicted octanol–water partition coefficient (Wildman–Crippen LogP) is 0.0139. The van der Waals surface area contributed by atoms with Crippen LogP contribution in [0.4, 0.5) is 0 Å². The highest BCUT2D eigenvalue weighted by Crippen LogP contribution is 2.09. The zero-order valence-corrected chi connectivity index (χ0v) is 9.89. The first kappa shape index (κ1) is 10.4. The molecule has 8 heteroatoms. The van der Waals surface area contributed by atoms with Crippen LogP contribution in [0.15, 0.2) is 29.6 Å². The van der Waals surface area contributed by atoms with E-state index < -0.39 is 0 Å². The Balaban J connectivity index is 2.16. The van der Waals surface area contributed by atoms with Crippen molar-refractivity contribution >= 4 is 29.4 Å². The van der Waals surface area contributed by atoms with E-state index in [1.165, 1.54) is 4.79 Å². The van der Waals surface area contributed by atoms with E-state index in [4.69, 9.17) is 23.2 Å². The van der Waals surface area contributed by atoms with Crippen LogP contribution in [0.3, 0.4) is 0 Å². The van der Waals surface area contributed by atoms with Gasteiger partial charge in [-0.05, 0) is 17.3 Å². The predicted molar refractivity (Wildman–Crippen MR) is 63.1 cm³/mol. The summed E-state index contributed by atoms with van der Waals surface area (Å²) in [6.45, 7) is 0. The number of rotatable bonds is 1. The summed E-state index contributed by atoms with van der Waals surface area (Å²) >= 11 is 12.0. The van der Waals surface area contributed by atoms with Gasteiger partial charge in [0.2, 0.25) is 0 Å². The van der Waals surface area contributed by atoms with Gasteiger partial charge < -0.3 is 0 Å². The topological polar surface area (TPSA) is 58.3 Å². The van der Waals surface area contributed by atoms with Crippen LogP contribution in [-0.2, 0) is 0 Å².